The van der Waals surface area contributed by atoms with Gasteiger partial charge in [0.2, 0.25) is 0 Å². The third-order valence-corrected chi connectivity index (χ3v) is 8.36. The molecule has 0 aliphatic heterocycles. The summed E-state index contributed by atoms with van der Waals surface area (Å²) in [4.78, 5) is 25.3. The molecule has 0 fully saturated rings. The van der Waals surface area contributed by atoms with Gasteiger partial charge in [0.15, 0.2) is 0 Å². The number of ether oxygens (including phenoxy) is 1. The van der Waals surface area contributed by atoms with Gasteiger partial charge < -0.3 is 14.9 Å². The minimum atomic E-state index is -1.07. The molecule has 0 aromatic rings. The molecule has 2 unspecified atom stereocenters. The summed E-state index contributed by atoms with van der Waals surface area (Å²) >= 11 is 0. The Kier molecular flexibility index (Phi) is 31.8. The van der Waals surface area contributed by atoms with E-state index in [0.29, 0.717) is 6.42 Å². The third kappa shape index (κ3) is 28.9. The fraction of sp³-hybridized carbons (Fsp3) is 0.892. The highest BCUT2D eigenvalue weighted by molar-refractivity contribution is 5.85. The van der Waals surface area contributed by atoms with Gasteiger partial charge in [-0.05, 0) is 38.5 Å². The van der Waals surface area contributed by atoms with Crippen LogP contribution >= 0.6 is 0 Å². The van der Waals surface area contributed by atoms with Crippen LogP contribution in [0.2, 0.25) is 0 Å². The first-order valence-electron chi connectivity index (χ1n) is 18.2. The molecule has 5 heteroatoms. The Hall–Kier alpha value is -1.20. The van der Waals surface area contributed by atoms with Gasteiger partial charge in [0.1, 0.15) is 18.5 Å². The number of hydrogen-bond acceptors (Lipinski definition) is 5. The topological polar surface area (TPSA) is 83.8 Å². The van der Waals surface area contributed by atoms with Crippen molar-refractivity contribution in [1.29, 1.82) is 0 Å². The third-order valence-electron chi connectivity index (χ3n) is 8.36. The zero-order chi connectivity index (χ0) is 30.9. The number of carbonyl (C=O) groups is 2. The Bertz CT molecular complexity index is 617. The van der Waals surface area contributed by atoms with Crippen LogP contribution in [0.5, 0.6) is 0 Å². The van der Waals surface area contributed by atoms with E-state index in [2.05, 4.69) is 26.0 Å². The van der Waals surface area contributed by atoms with Crippen molar-refractivity contribution in [3.8, 4) is 0 Å². The van der Waals surface area contributed by atoms with E-state index in [4.69, 9.17) is 9.84 Å². The number of carbonyl (C=O) groups excluding carboxylic acids is 2. The Morgan fingerprint density at radius 1 is 0.619 bits per heavy atom. The summed E-state index contributed by atoms with van der Waals surface area (Å²) in [6, 6.07) is 0. The molecule has 0 radical (unpaired) electrons. The lowest BCUT2D eigenvalue weighted by molar-refractivity contribution is -0.150. The quantitative estimate of drug-likeness (QED) is 0.0449. The zero-order valence-electron chi connectivity index (χ0n) is 27.9. The predicted molar refractivity (Wildman–Crippen MR) is 178 cm³/mol. The maximum atomic E-state index is 13.0. The van der Waals surface area contributed by atoms with Crippen LogP contribution in [0.15, 0.2) is 12.2 Å². The van der Waals surface area contributed by atoms with Gasteiger partial charge in [0.25, 0.3) is 0 Å². The van der Waals surface area contributed by atoms with E-state index in [9.17, 15) is 14.7 Å². The molecular weight excluding hydrogens is 524 g/mol. The second kappa shape index (κ2) is 32.7. The van der Waals surface area contributed by atoms with Gasteiger partial charge in [-0.25, -0.2) is 0 Å². The van der Waals surface area contributed by atoms with Gasteiger partial charge in [-0.1, -0.05) is 148 Å². The smallest absolute Gasteiger partial charge is 0.306 e. The Labute approximate surface area is 260 Å². The summed E-state index contributed by atoms with van der Waals surface area (Å²) in [7, 11) is 0. The van der Waals surface area contributed by atoms with Gasteiger partial charge in [0.05, 0.1) is 13.0 Å². The minimum Gasteiger partial charge on any atom is -0.463 e. The summed E-state index contributed by atoms with van der Waals surface area (Å²) < 4.78 is 5.11. The van der Waals surface area contributed by atoms with Gasteiger partial charge in [-0.2, -0.15) is 0 Å². The standard InChI is InChI=1S/C37H70O5/c1-3-5-7-9-11-13-15-17-19-21-23-25-27-29-34(31-37(41)42-33-35(39)32-38)36(40)30-28-26-24-22-20-18-16-14-12-10-8-6-4-2/h17,19,34-35,38-39H,3-16,18,20-33H2,1-2H3. The molecule has 0 saturated heterocycles. The summed E-state index contributed by atoms with van der Waals surface area (Å²) in [5.74, 6) is -0.579. The van der Waals surface area contributed by atoms with Crippen molar-refractivity contribution in [2.75, 3.05) is 13.2 Å². The highest BCUT2D eigenvalue weighted by Gasteiger charge is 2.22. The van der Waals surface area contributed by atoms with E-state index in [1.807, 2.05) is 0 Å². The predicted octanol–water partition coefficient (Wildman–Crippen LogP) is 10.2. The average Bonchev–Trinajstić information content (AvgIpc) is 2.99. The van der Waals surface area contributed by atoms with Crippen LogP contribution in [0.3, 0.4) is 0 Å². The van der Waals surface area contributed by atoms with Crippen LogP contribution in [0, 0.1) is 5.92 Å². The molecular formula is C37H70O5. The van der Waals surface area contributed by atoms with Crippen molar-refractivity contribution >= 4 is 11.8 Å². The number of rotatable bonds is 33. The second-order valence-corrected chi connectivity index (χ2v) is 12.5. The highest BCUT2D eigenvalue weighted by atomic mass is 16.5. The molecule has 0 bridgehead atoms. The molecule has 0 rings (SSSR count). The first-order valence-corrected chi connectivity index (χ1v) is 18.2. The Morgan fingerprint density at radius 2 is 1.05 bits per heavy atom. The SMILES string of the molecule is CCCCCCCCC=CCCCCCC(CC(=O)OCC(O)CO)C(=O)CCCCCCCCCCCCCCC. The van der Waals surface area contributed by atoms with E-state index in [0.717, 1.165) is 44.9 Å². The molecule has 2 atom stereocenters. The monoisotopic (exact) mass is 595 g/mol. The fourth-order valence-corrected chi connectivity index (χ4v) is 5.51. The molecule has 0 spiro atoms. The van der Waals surface area contributed by atoms with E-state index in [-0.39, 0.29) is 24.7 Å². The van der Waals surface area contributed by atoms with Crippen molar-refractivity contribution in [3.05, 3.63) is 12.2 Å². The van der Waals surface area contributed by atoms with Crippen LogP contribution in [0.1, 0.15) is 187 Å². The molecule has 5 nitrogen and oxygen atoms in total. The lowest BCUT2D eigenvalue weighted by atomic mass is 9.90. The van der Waals surface area contributed by atoms with E-state index >= 15 is 0 Å². The van der Waals surface area contributed by atoms with Gasteiger partial charge in [-0.15, -0.1) is 0 Å². The summed E-state index contributed by atoms with van der Waals surface area (Å²) in [5, 5.41) is 18.4. The van der Waals surface area contributed by atoms with Crippen LogP contribution in [0.25, 0.3) is 0 Å². The summed E-state index contributed by atoms with van der Waals surface area (Å²) in [6.07, 6.45) is 34.9. The number of esters is 1. The Balaban J connectivity index is 4.16. The molecule has 42 heavy (non-hydrogen) atoms. The highest BCUT2D eigenvalue weighted by Crippen LogP contribution is 2.21. The van der Waals surface area contributed by atoms with Crippen molar-refractivity contribution < 1.29 is 24.5 Å². The Morgan fingerprint density at radius 3 is 1.52 bits per heavy atom. The molecule has 0 amide bonds. The van der Waals surface area contributed by atoms with Crippen molar-refractivity contribution in [2.45, 2.75) is 193 Å². The molecule has 0 aromatic carbocycles. The minimum absolute atomic E-state index is 0.0770. The van der Waals surface area contributed by atoms with Crippen LogP contribution < -0.4 is 0 Å². The van der Waals surface area contributed by atoms with Crippen LogP contribution in [0.4, 0.5) is 0 Å². The summed E-state index contributed by atoms with van der Waals surface area (Å²) in [5.41, 5.74) is 0. The second-order valence-electron chi connectivity index (χ2n) is 12.5. The number of allylic oxidation sites excluding steroid dienone is 2. The lowest BCUT2D eigenvalue weighted by Gasteiger charge is -2.16. The maximum absolute atomic E-state index is 13.0. The average molecular weight is 595 g/mol. The number of Topliss-reactive ketones (excluding diaryl/α,β-unsaturated/α-hetero) is 1. The molecule has 0 saturated carbocycles. The molecule has 0 heterocycles. The molecule has 0 aromatic heterocycles. The van der Waals surface area contributed by atoms with Crippen molar-refractivity contribution in [3.63, 3.8) is 0 Å². The molecule has 248 valence electrons. The fourth-order valence-electron chi connectivity index (χ4n) is 5.51. The lowest BCUT2D eigenvalue weighted by Crippen LogP contribution is -2.25. The van der Waals surface area contributed by atoms with Crippen molar-refractivity contribution in [1.82, 2.24) is 0 Å². The molecule has 0 aliphatic rings. The maximum Gasteiger partial charge on any atom is 0.306 e. The van der Waals surface area contributed by atoms with Gasteiger partial charge in [-0.3, -0.25) is 9.59 Å². The number of hydrogen-bond donors (Lipinski definition) is 2. The van der Waals surface area contributed by atoms with E-state index in [1.165, 1.54) is 116 Å². The normalized spacial score (nSPS) is 13.0. The molecule has 2 N–H and O–H groups in total. The number of unbranched alkanes of at least 4 members (excludes halogenated alkanes) is 21. The first kappa shape index (κ1) is 40.8. The van der Waals surface area contributed by atoms with Gasteiger partial charge >= 0.3 is 5.97 Å². The van der Waals surface area contributed by atoms with Crippen LogP contribution in [-0.4, -0.2) is 41.3 Å². The number of ketones is 1. The number of aliphatic hydroxyl groups excluding tert-OH is 2. The summed E-state index contributed by atoms with van der Waals surface area (Å²) in [6.45, 7) is 3.85. The zero-order valence-corrected chi connectivity index (χ0v) is 27.9. The van der Waals surface area contributed by atoms with E-state index < -0.39 is 18.7 Å². The van der Waals surface area contributed by atoms with E-state index in [1.54, 1.807) is 0 Å². The first-order chi connectivity index (χ1) is 20.5. The number of aliphatic hydroxyl groups is 2. The van der Waals surface area contributed by atoms with Gasteiger partial charge in [0, 0.05) is 12.3 Å². The van der Waals surface area contributed by atoms with Crippen molar-refractivity contribution in [2.24, 2.45) is 5.92 Å². The largest absolute Gasteiger partial charge is 0.463 e. The molecule has 0 aliphatic carbocycles. The van der Waals surface area contributed by atoms with Crippen LogP contribution in [-0.2, 0) is 14.3 Å².